The smallest absolute Gasteiger partial charge is 0.248 e. The van der Waals surface area contributed by atoms with E-state index in [9.17, 15) is 13.2 Å². The van der Waals surface area contributed by atoms with Crippen molar-refractivity contribution < 1.29 is 13.2 Å². The second-order valence-electron chi connectivity index (χ2n) is 5.05. The van der Waals surface area contributed by atoms with Crippen LogP contribution in [0.4, 0.5) is 5.69 Å². The van der Waals surface area contributed by atoms with Gasteiger partial charge in [-0.3, -0.25) is 4.79 Å². The number of anilines is 1. The molecule has 23 heavy (non-hydrogen) atoms. The van der Waals surface area contributed by atoms with Crippen molar-refractivity contribution in [2.75, 3.05) is 19.4 Å². The molecule has 0 aliphatic rings. The van der Waals surface area contributed by atoms with Crippen LogP contribution in [0.1, 0.15) is 5.56 Å². The number of amides is 1. The topological polar surface area (TPSA) is 66.5 Å². The zero-order valence-electron chi connectivity index (χ0n) is 12.9. The van der Waals surface area contributed by atoms with Crippen molar-refractivity contribution in [1.29, 1.82) is 0 Å². The Kier molecular flexibility index (Phi) is 5.31. The van der Waals surface area contributed by atoms with Gasteiger partial charge in [-0.05, 0) is 35.9 Å². The first-order chi connectivity index (χ1) is 10.9. The lowest BCUT2D eigenvalue weighted by atomic mass is 10.2. The summed E-state index contributed by atoms with van der Waals surface area (Å²) in [6, 6.07) is 15.5. The first-order valence-electron chi connectivity index (χ1n) is 6.96. The van der Waals surface area contributed by atoms with Crippen LogP contribution in [-0.2, 0) is 14.8 Å². The van der Waals surface area contributed by atoms with Gasteiger partial charge < -0.3 is 5.32 Å². The average Bonchev–Trinajstić information content (AvgIpc) is 2.54. The van der Waals surface area contributed by atoms with Gasteiger partial charge in [-0.1, -0.05) is 30.3 Å². The third-order valence-corrected chi connectivity index (χ3v) is 4.96. The minimum absolute atomic E-state index is 0.181. The lowest BCUT2D eigenvalue weighted by molar-refractivity contribution is -0.111. The van der Waals surface area contributed by atoms with E-state index >= 15 is 0 Å². The van der Waals surface area contributed by atoms with Crippen LogP contribution in [0.25, 0.3) is 6.08 Å². The van der Waals surface area contributed by atoms with E-state index in [1.54, 1.807) is 18.2 Å². The van der Waals surface area contributed by atoms with Gasteiger partial charge in [-0.25, -0.2) is 12.7 Å². The molecule has 2 rings (SSSR count). The molecule has 6 heteroatoms. The molecule has 0 radical (unpaired) electrons. The molecule has 0 saturated heterocycles. The first kappa shape index (κ1) is 16.9. The van der Waals surface area contributed by atoms with Crippen molar-refractivity contribution in [2.45, 2.75) is 4.90 Å². The summed E-state index contributed by atoms with van der Waals surface area (Å²) in [5.74, 6) is -0.280. The molecule has 0 atom stereocenters. The third-order valence-electron chi connectivity index (χ3n) is 3.13. The summed E-state index contributed by atoms with van der Waals surface area (Å²) in [6.07, 6.45) is 3.14. The van der Waals surface area contributed by atoms with Gasteiger partial charge in [0, 0.05) is 25.9 Å². The summed E-state index contributed by atoms with van der Waals surface area (Å²) in [6.45, 7) is 0. The summed E-state index contributed by atoms with van der Waals surface area (Å²) >= 11 is 0. The molecule has 0 bridgehead atoms. The number of hydrogen-bond donors (Lipinski definition) is 1. The predicted octanol–water partition coefficient (Wildman–Crippen LogP) is 2.59. The average molecular weight is 330 g/mol. The largest absolute Gasteiger partial charge is 0.323 e. The predicted molar refractivity (Wildman–Crippen MR) is 91.4 cm³/mol. The first-order valence-corrected chi connectivity index (χ1v) is 8.40. The lowest BCUT2D eigenvalue weighted by Gasteiger charge is -2.11. The quantitative estimate of drug-likeness (QED) is 0.857. The summed E-state index contributed by atoms with van der Waals surface area (Å²) in [4.78, 5) is 12.0. The zero-order chi connectivity index (χ0) is 16.9. The van der Waals surface area contributed by atoms with E-state index in [4.69, 9.17) is 0 Å². The Morgan fingerprint density at radius 3 is 2.17 bits per heavy atom. The van der Waals surface area contributed by atoms with Crippen LogP contribution in [0.3, 0.4) is 0 Å². The number of carbonyl (C=O) groups is 1. The third kappa shape index (κ3) is 4.51. The van der Waals surface area contributed by atoms with Gasteiger partial charge in [0.1, 0.15) is 0 Å². The fourth-order valence-corrected chi connectivity index (χ4v) is 2.74. The molecule has 0 spiro atoms. The fourth-order valence-electron chi connectivity index (χ4n) is 1.84. The van der Waals surface area contributed by atoms with Gasteiger partial charge in [0.25, 0.3) is 0 Å². The molecule has 0 aliphatic heterocycles. The van der Waals surface area contributed by atoms with Crippen LogP contribution in [0, 0.1) is 0 Å². The van der Waals surface area contributed by atoms with Crippen LogP contribution in [0.2, 0.25) is 0 Å². The highest BCUT2D eigenvalue weighted by Gasteiger charge is 2.16. The van der Waals surface area contributed by atoms with Gasteiger partial charge in [-0.15, -0.1) is 0 Å². The molecule has 5 nitrogen and oxygen atoms in total. The molecule has 0 heterocycles. The number of carbonyl (C=O) groups excluding carboxylic acids is 1. The summed E-state index contributed by atoms with van der Waals surface area (Å²) in [5, 5.41) is 2.69. The van der Waals surface area contributed by atoms with Crippen molar-refractivity contribution in [2.24, 2.45) is 0 Å². The van der Waals surface area contributed by atoms with Gasteiger partial charge in [-0.2, -0.15) is 0 Å². The molecule has 1 N–H and O–H groups in total. The van der Waals surface area contributed by atoms with Crippen LogP contribution >= 0.6 is 0 Å². The molecule has 2 aromatic carbocycles. The van der Waals surface area contributed by atoms with Crippen molar-refractivity contribution in [3.8, 4) is 0 Å². The fraction of sp³-hybridized carbons (Fsp3) is 0.118. The number of hydrogen-bond acceptors (Lipinski definition) is 3. The number of nitrogens with zero attached hydrogens (tertiary/aromatic N) is 1. The maximum atomic E-state index is 12.0. The van der Waals surface area contributed by atoms with Crippen LogP contribution in [0.5, 0.6) is 0 Å². The van der Waals surface area contributed by atoms with Crippen molar-refractivity contribution in [3.05, 3.63) is 66.2 Å². The molecule has 0 aromatic heterocycles. The minimum atomic E-state index is -3.46. The van der Waals surface area contributed by atoms with Gasteiger partial charge in [0.2, 0.25) is 15.9 Å². The standard InChI is InChI=1S/C17H18N2O3S/c1-19(2)23(21,22)16-11-9-15(10-12-16)18-17(20)13-8-14-6-4-3-5-7-14/h3-13H,1-2H3,(H,18,20)/b13-8+. The summed E-state index contributed by atoms with van der Waals surface area (Å²) in [7, 11) is -0.518. The highest BCUT2D eigenvalue weighted by molar-refractivity contribution is 7.89. The highest BCUT2D eigenvalue weighted by atomic mass is 32.2. The molecule has 0 saturated carbocycles. The summed E-state index contributed by atoms with van der Waals surface area (Å²) < 4.78 is 25.0. The number of sulfonamides is 1. The SMILES string of the molecule is CN(C)S(=O)(=O)c1ccc(NC(=O)/C=C/c2ccccc2)cc1. The number of rotatable bonds is 5. The Morgan fingerprint density at radius 2 is 1.61 bits per heavy atom. The van der Waals surface area contributed by atoms with Crippen molar-refractivity contribution >= 4 is 27.7 Å². The van der Waals surface area contributed by atoms with E-state index in [2.05, 4.69) is 5.32 Å². The van der Waals surface area contributed by atoms with Crippen molar-refractivity contribution in [3.63, 3.8) is 0 Å². The molecule has 0 aliphatic carbocycles. The Labute approximate surface area is 136 Å². The monoisotopic (exact) mass is 330 g/mol. The Bertz CT molecular complexity index is 795. The summed E-state index contributed by atoms with van der Waals surface area (Å²) in [5.41, 5.74) is 1.46. The van der Waals surface area contributed by atoms with Gasteiger partial charge in [0.15, 0.2) is 0 Å². The number of benzene rings is 2. The molecule has 120 valence electrons. The van der Waals surface area contributed by atoms with Crippen molar-refractivity contribution in [1.82, 2.24) is 4.31 Å². The molecular weight excluding hydrogens is 312 g/mol. The molecule has 1 amide bonds. The molecule has 0 unspecified atom stereocenters. The maximum Gasteiger partial charge on any atom is 0.248 e. The molecule has 2 aromatic rings. The van der Waals surface area contributed by atoms with E-state index in [0.717, 1.165) is 9.87 Å². The van der Waals surface area contributed by atoms with E-state index in [0.29, 0.717) is 5.69 Å². The maximum absolute atomic E-state index is 12.0. The Hall–Kier alpha value is -2.44. The lowest BCUT2D eigenvalue weighted by Crippen LogP contribution is -2.22. The highest BCUT2D eigenvalue weighted by Crippen LogP contribution is 2.16. The molecule has 0 fully saturated rings. The van der Waals surface area contributed by atoms with Crippen LogP contribution in [-0.4, -0.2) is 32.7 Å². The number of nitrogens with one attached hydrogen (secondary N) is 1. The zero-order valence-corrected chi connectivity index (χ0v) is 13.7. The normalized spacial score (nSPS) is 11.8. The van der Waals surface area contributed by atoms with Crippen LogP contribution < -0.4 is 5.32 Å². The second kappa shape index (κ2) is 7.21. The van der Waals surface area contributed by atoms with E-state index in [-0.39, 0.29) is 10.8 Å². The van der Waals surface area contributed by atoms with E-state index < -0.39 is 10.0 Å². The van der Waals surface area contributed by atoms with Gasteiger partial charge >= 0.3 is 0 Å². The second-order valence-corrected chi connectivity index (χ2v) is 7.20. The minimum Gasteiger partial charge on any atom is -0.323 e. The van der Waals surface area contributed by atoms with E-state index in [1.807, 2.05) is 30.3 Å². The van der Waals surface area contributed by atoms with Crippen LogP contribution in [0.15, 0.2) is 65.6 Å². The van der Waals surface area contributed by atoms with E-state index in [1.165, 1.54) is 32.3 Å². The molecular formula is C17H18N2O3S. The van der Waals surface area contributed by atoms with Gasteiger partial charge in [0.05, 0.1) is 4.90 Å². The Balaban J connectivity index is 2.04. The Morgan fingerprint density at radius 1 is 1.00 bits per heavy atom.